The number of nitrogens with zero attached hydrogens (tertiary/aromatic N) is 3. The Bertz CT molecular complexity index is 595. The molecule has 3 rings (SSSR count). The van der Waals surface area contributed by atoms with E-state index in [1.165, 1.54) is 11.0 Å². The van der Waals surface area contributed by atoms with Crippen molar-refractivity contribution in [2.24, 2.45) is 5.73 Å². The molecule has 1 saturated carbocycles. The second-order valence-electron chi connectivity index (χ2n) is 5.03. The molecule has 20 heavy (non-hydrogen) atoms. The second kappa shape index (κ2) is 5.42. The summed E-state index contributed by atoms with van der Waals surface area (Å²) in [5.74, 6) is -0.213. The average molecular weight is 271 g/mol. The smallest absolute Gasteiger partial charge is 0.273 e. The molecule has 104 valence electrons. The molecule has 0 radical (unpaired) electrons. The molecule has 2 aromatic rings. The van der Waals surface area contributed by atoms with Crippen LogP contribution < -0.4 is 11.1 Å². The Morgan fingerprint density at radius 1 is 1.30 bits per heavy atom. The number of benzene rings is 1. The van der Waals surface area contributed by atoms with Gasteiger partial charge in [-0.2, -0.15) is 9.90 Å². The minimum absolute atomic E-state index is 0.0446. The molecule has 6 heteroatoms. The van der Waals surface area contributed by atoms with Gasteiger partial charge in [0, 0.05) is 12.1 Å². The summed E-state index contributed by atoms with van der Waals surface area (Å²) < 4.78 is 0. The summed E-state index contributed by atoms with van der Waals surface area (Å²) in [6.45, 7) is 0. The van der Waals surface area contributed by atoms with E-state index >= 15 is 0 Å². The maximum absolute atomic E-state index is 12.1. The molecule has 1 fully saturated rings. The van der Waals surface area contributed by atoms with E-state index in [4.69, 9.17) is 5.73 Å². The maximum atomic E-state index is 12.1. The van der Waals surface area contributed by atoms with Gasteiger partial charge < -0.3 is 11.1 Å². The molecule has 1 aromatic carbocycles. The molecule has 1 aliphatic carbocycles. The lowest BCUT2D eigenvalue weighted by atomic mass is 10.2. The van der Waals surface area contributed by atoms with Gasteiger partial charge in [-0.05, 0) is 31.4 Å². The fourth-order valence-electron chi connectivity index (χ4n) is 2.46. The lowest BCUT2D eigenvalue weighted by Gasteiger charge is -2.15. The number of rotatable bonds is 3. The predicted molar refractivity (Wildman–Crippen MR) is 74.4 cm³/mol. The van der Waals surface area contributed by atoms with Crippen LogP contribution in [0.25, 0.3) is 5.69 Å². The van der Waals surface area contributed by atoms with Crippen LogP contribution in [0.3, 0.4) is 0 Å². The molecular weight excluding hydrogens is 254 g/mol. The fourth-order valence-corrected chi connectivity index (χ4v) is 2.46. The highest BCUT2D eigenvalue weighted by atomic mass is 16.2. The Morgan fingerprint density at radius 3 is 2.80 bits per heavy atom. The normalized spacial score (nSPS) is 21.9. The van der Waals surface area contributed by atoms with Crippen LogP contribution in [0.15, 0.2) is 36.5 Å². The predicted octanol–water partition coefficient (Wildman–Crippen LogP) is 0.877. The molecule has 1 aromatic heterocycles. The maximum Gasteiger partial charge on any atom is 0.273 e. The van der Waals surface area contributed by atoms with Crippen molar-refractivity contribution in [3.8, 4) is 5.69 Å². The minimum Gasteiger partial charge on any atom is -0.346 e. The molecule has 1 amide bonds. The van der Waals surface area contributed by atoms with E-state index in [0.717, 1.165) is 24.9 Å². The van der Waals surface area contributed by atoms with Crippen LogP contribution in [-0.4, -0.2) is 33.0 Å². The minimum atomic E-state index is -0.213. The number of carbonyl (C=O) groups is 1. The van der Waals surface area contributed by atoms with Crippen molar-refractivity contribution in [3.05, 3.63) is 42.2 Å². The molecular formula is C14H17N5O. The van der Waals surface area contributed by atoms with Crippen molar-refractivity contribution < 1.29 is 4.79 Å². The van der Waals surface area contributed by atoms with Gasteiger partial charge in [-0.25, -0.2) is 0 Å². The Balaban J connectivity index is 1.72. The highest BCUT2D eigenvalue weighted by Crippen LogP contribution is 2.17. The highest BCUT2D eigenvalue weighted by molar-refractivity contribution is 5.92. The number of hydrogen-bond donors (Lipinski definition) is 2. The zero-order chi connectivity index (χ0) is 13.9. The third kappa shape index (κ3) is 2.55. The third-order valence-corrected chi connectivity index (χ3v) is 3.60. The number of para-hydroxylation sites is 1. The van der Waals surface area contributed by atoms with Crippen molar-refractivity contribution >= 4 is 5.91 Å². The zero-order valence-electron chi connectivity index (χ0n) is 11.1. The van der Waals surface area contributed by atoms with E-state index in [1.54, 1.807) is 0 Å². The van der Waals surface area contributed by atoms with Gasteiger partial charge in [-0.1, -0.05) is 18.2 Å². The van der Waals surface area contributed by atoms with Crippen LogP contribution in [0, 0.1) is 0 Å². The van der Waals surface area contributed by atoms with Gasteiger partial charge in [0.05, 0.1) is 11.9 Å². The molecule has 0 bridgehead atoms. The van der Waals surface area contributed by atoms with Crippen LogP contribution >= 0.6 is 0 Å². The summed E-state index contributed by atoms with van der Waals surface area (Å²) in [4.78, 5) is 13.6. The number of nitrogens with one attached hydrogen (secondary N) is 1. The van der Waals surface area contributed by atoms with Gasteiger partial charge in [-0.15, -0.1) is 5.10 Å². The standard InChI is InChI=1S/C14H17N5O/c15-11-7-4-8-12(11)17-14(20)13-9-16-19(18-13)10-5-2-1-3-6-10/h1-3,5-6,9,11-12H,4,7-8,15H2,(H,17,20). The van der Waals surface area contributed by atoms with E-state index in [1.807, 2.05) is 30.3 Å². The number of nitrogens with two attached hydrogens (primary N) is 1. The van der Waals surface area contributed by atoms with Gasteiger partial charge in [0.2, 0.25) is 0 Å². The number of aromatic nitrogens is 3. The SMILES string of the molecule is NC1CCCC1NC(=O)c1cnn(-c2ccccc2)n1. The van der Waals surface area contributed by atoms with Gasteiger partial charge in [0.15, 0.2) is 5.69 Å². The van der Waals surface area contributed by atoms with Crippen molar-refractivity contribution in [2.75, 3.05) is 0 Å². The van der Waals surface area contributed by atoms with Crippen molar-refractivity contribution in [3.63, 3.8) is 0 Å². The summed E-state index contributed by atoms with van der Waals surface area (Å²) in [6.07, 6.45) is 4.42. The van der Waals surface area contributed by atoms with E-state index in [9.17, 15) is 4.79 Å². The molecule has 0 aliphatic heterocycles. The molecule has 0 spiro atoms. The molecule has 6 nitrogen and oxygen atoms in total. The van der Waals surface area contributed by atoms with Gasteiger partial charge in [-0.3, -0.25) is 4.79 Å². The van der Waals surface area contributed by atoms with Crippen LogP contribution in [0.4, 0.5) is 0 Å². The summed E-state index contributed by atoms with van der Waals surface area (Å²) in [5, 5.41) is 11.2. The summed E-state index contributed by atoms with van der Waals surface area (Å²) in [7, 11) is 0. The summed E-state index contributed by atoms with van der Waals surface area (Å²) in [6, 6.07) is 9.57. The number of hydrogen-bond acceptors (Lipinski definition) is 4. The summed E-state index contributed by atoms with van der Waals surface area (Å²) >= 11 is 0. The third-order valence-electron chi connectivity index (χ3n) is 3.60. The first kappa shape index (κ1) is 12.8. The van der Waals surface area contributed by atoms with Gasteiger partial charge >= 0.3 is 0 Å². The van der Waals surface area contributed by atoms with Crippen molar-refractivity contribution in [1.82, 2.24) is 20.3 Å². The summed E-state index contributed by atoms with van der Waals surface area (Å²) in [5.41, 5.74) is 7.08. The van der Waals surface area contributed by atoms with E-state index in [2.05, 4.69) is 15.5 Å². The fraction of sp³-hybridized carbons (Fsp3) is 0.357. The first-order valence-corrected chi connectivity index (χ1v) is 6.78. The first-order valence-electron chi connectivity index (χ1n) is 6.78. The van der Waals surface area contributed by atoms with Crippen LogP contribution in [0.5, 0.6) is 0 Å². The molecule has 0 saturated heterocycles. The second-order valence-corrected chi connectivity index (χ2v) is 5.03. The lowest BCUT2D eigenvalue weighted by Crippen LogP contribution is -2.44. The Labute approximate surface area is 117 Å². The quantitative estimate of drug-likeness (QED) is 0.867. The molecule has 2 atom stereocenters. The Hall–Kier alpha value is -2.21. The Morgan fingerprint density at radius 2 is 2.10 bits per heavy atom. The van der Waals surface area contributed by atoms with Crippen molar-refractivity contribution in [2.45, 2.75) is 31.3 Å². The van der Waals surface area contributed by atoms with E-state index in [-0.39, 0.29) is 18.0 Å². The van der Waals surface area contributed by atoms with E-state index < -0.39 is 0 Å². The van der Waals surface area contributed by atoms with Gasteiger partial charge in [0.1, 0.15) is 0 Å². The zero-order valence-corrected chi connectivity index (χ0v) is 11.1. The van der Waals surface area contributed by atoms with Crippen LogP contribution in [-0.2, 0) is 0 Å². The molecule has 2 unspecified atom stereocenters. The molecule has 1 heterocycles. The van der Waals surface area contributed by atoms with Crippen LogP contribution in [0.1, 0.15) is 29.8 Å². The average Bonchev–Trinajstić information content (AvgIpc) is 3.10. The highest BCUT2D eigenvalue weighted by Gasteiger charge is 2.26. The van der Waals surface area contributed by atoms with Crippen LogP contribution in [0.2, 0.25) is 0 Å². The van der Waals surface area contributed by atoms with E-state index in [0.29, 0.717) is 5.69 Å². The topological polar surface area (TPSA) is 85.8 Å². The monoisotopic (exact) mass is 271 g/mol. The molecule has 1 aliphatic rings. The Kier molecular flexibility index (Phi) is 3.47. The van der Waals surface area contributed by atoms with Gasteiger partial charge in [0.25, 0.3) is 5.91 Å². The van der Waals surface area contributed by atoms with Crippen molar-refractivity contribution in [1.29, 1.82) is 0 Å². The molecule has 3 N–H and O–H groups in total. The number of carbonyl (C=O) groups excluding carboxylic acids is 1. The number of amides is 1. The first-order chi connectivity index (χ1) is 9.74. The largest absolute Gasteiger partial charge is 0.346 e. The lowest BCUT2D eigenvalue weighted by molar-refractivity contribution is 0.0929.